The molecule has 2 aromatic rings. The summed E-state index contributed by atoms with van der Waals surface area (Å²) in [5.41, 5.74) is 2.81. The molecule has 1 atom stereocenters. The summed E-state index contributed by atoms with van der Waals surface area (Å²) >= 11 is 5.94. The van der Waals surface area contributed by atoms with Crippen molar-refractivity contribution in [1.82, 2.24) is 15.5 Å². The second-order valence-corrected chi connectivity index (χ2v) is 6.94. The molecule has 2 aromatic carbocycles. The van der Waals surface area contributed by atoms with Crippen LogP contribution in [0.2, 0.25) is 5.02 Å². The van der Waals surface area contributed by atoms with E-state index in [1.165, 1.54) is 6.07 Å². The van der Waals surface area contributed by atoms with Gasteiger partial charge in [-0.2, -0.15) is 0 Å². The monoisotopic (exact) mass is 504 g/mol. The van der Waals surface area contributed by atoms with E-state index in [1.807, 2.05) is 49.3 Å². The number of nitrogens with one attached hydrogen (secondary N) is 2. The molecule has 0 heterocycles. The van der Waals surface area contributed by atoms with Crippen molar-refractivity contribution in [2.45, 2.75) is 26.1 Å². The molecule has 148 valence electrons. The van der Waals surface area contributed by atoms with Gasteiger partial charge in [-0.3, -0.25) is 4.99 Å². The maximum Gasteiger partial charge on any atom is 0.191 e. The van der Waals surface area contributed by atoms with E-state index in [0.717, 1.165) is 11.1 Å². The smallest absolute Gasteiger partial charge is 0.191 e. The van der Waals surface area contributed by atoms with Crippen LogP contribution in [0.5, 0.6) is 0 Å². The van der Waals surface area contributed by atoms with Crippen molar-refractivity contribution < 1.29 is 4.39 Å². The van der Waals surface area contributed by atoms with Gasteiger partial charge in [0.2, 0.25) is 0 Å². The standard InChI is InChI=1S/C20H26ClFN4.HI/c1-14(16-6-8-18(21)9-7-16)25-20(23-2)24-12-15-5-10-19(22)17(11-15)13-26(3)4;/h5-11,14H,12-13H2,1-4H3,(H2,23,24,25);1H. The third-order valence-corrected chi connectivity index (χ3v) is 4.26. The number of rotatable bonds is 6. The first-order valence-electron chi connectivity index (χ1n) is 8.53. The predicted molar refractivity (Wildman–Crippen MR) is 122 cm³/mol. The van der Waals surface area contributed by atoms with Crippen LogP contribution in [0.3, 0.4) is 0 Å². The van der Waals surface area contributed by atoms with Gasteiger partial charge in [0.15, 0.2) is 5.96 Å². The van der Waals surface area contributed by atoms with Gasteiger partial charge in [-0.15, -0.1) is 24.0 Å². The summed E-state index contributed by atoms with van der Waals surface area (Å²) in [5, 5.41) is 7.33. The first-order valence-corrected chi connectivity index (χ1v) is 8.91. The molecular weight excluding hydrogens is 478 g/mol. The van der Waals surface area contributed by atoms with Crippen LogP contribution in [0.15, 0.2) is 47.5 Å². The third kappa shape index (κ3) is 7.63. The molecule has 0 spiro atoms. The van der Waals surface area contributed by atoms with Crippen LogP contribution in [0.4, 0.5) is 4.39 Å². The Kier molecular flexibility index (Phi) is 10.0. The van der Waals surface area contributed by atoms with Gasteiger partial charge < -0.3 is 15.5 Å². The fourth-order valence-electron chi connectivity index (χ4n) is 2.62. The van der Waals surface area contributed by atoms with Gasteiger partial charge >= 0.3 is 0 Å². The van der Waals surface area contributed by atoms with Gasteiger partial charge in [0.25, 0.3) is 0 Å². The second kappa shape index (κ2) is 11.5. The highest BCUT2D eigenvalue weighted by Gasteiger charge is 2.09. The van der Waals surface area contributed by atoms with E-state index in [-0.39, 0.29) is 35.8 Å². The van der Waals surface area contributed by atoms with E-state index in [9.17, 15) is 4.39 Å². The van der Waals surface area contributed by atoms with Gasteiger partial charge in [0.05, 0.1) is 6.04 Å². The van der Waals surface area contributed by atoms with Crippen LogP contribution >= 0.6 is 35.6 Å². The lowest BCUT2D eigenvalue weighted by molar-refractivity contribution is 0.392. The van der Waals surface area contributed by atoms with Crippen molar-refractivity contribution in [2.75, 3.05) is 21.1 Å². The first kappa shape index (κ1) is 23.7. The van der Waals surface area contributed by atoms with E-state index in [1.54, 1.807) is 13.1 Å². The van der Waals surface area contributed by atoms with Gasteiger partial charge in [0, 0.05) is 30.7 Å². The molecular formula is C20H27ClFIN4. The molecule has 0 fully saturated rings. The van der Waals surface area contributed by atoms with Crippen LogP contribution in [0.25, 0.3) is 0 Å². The largest absolute Gasteiger partial charge is 0.352 e. The molecule has 4 nitrogen and oxygen atoms in total. The molecule has 0 aliphatic rings. The molecule has 0 aliphatic carbocycles. The van der Waals surface area contributed by atoms with Crippen LogP contribution in [0, 0.1) is 5.82 Å². The molecule has 27 heavy (non-hydrogen) atoms. The molecule has 0 aromatic heterocycles. The Hall–Kier alpha value is -1.38. The van der Waals surface area contributed by atoms with Crippen LogP contribution in [-0.2, 0) is 13.1 Å². The maximum atomic E-state index is 13.9. The number of halogens is 3. The Morgan fingerprint density at radius 2 is 1.85 bits per heavy atom. The molecule has 0 radical (unpaired) electrons. The Balaban J connectivity index is 0.00000364. The van der Waals surface area contributed by atoms with Crippen molar-refractivity contribution in [3.8, 4) is 0 Å². The number of hydrogen-bond acceptors (Lipinski definition) is 2. The van der Waals surface area contributed by atoms with Crippen molar-refractivity contribution in [3.05, 3.63) is 70.0 Å². The number of benzene rings is 2. The van der Waals surface area contributed by atoms with Crippen LogP contribution in [0.1, 0.15) is 29.7 Å². The zero-order chi connectivity index (χ0) is 19.1. The summed E-state index contributed by atoms with van der Waals surface area (Å²) < 4.78 is 13.9. The predicted octanol–water partition coefficient (Wildman–Crippen LogP) is 4.58. The molecule has 0 aliphatic heterocycles. The van der Waals surface area contributed by atoms with E-state index in [0.29, 0.717) is 29.6 Å². The van der Waals surface area contributed by atoms with Crippen molar-refractivity contribution in [1.29, 1.82) is 0 Å². The lowest BCUT2D eigenvalue weighted by atomic mass is 10.1. The lowest BCUT2D eigenvalue weighted by Crippen LogP contribution is -2.38. The maximum absolute atomic E-state index is 13.9. The summed E-state index contributed by atoms with van der Waals surface area (Å²) in [5.74, 6) is 0.507. The Morgan fingerprint density at radius 1 is 1.19 bits per heavy atom. The highest BCUT2D eigenvalue weighted by molar-refractivity contribution is 14.0. The van der Waals surface area contributed by atoms with Gasteiger partial charge in [0.1, 0.15) is 5.82 Å². The molecule has 0 saturated heterocycles. The SMILES string of the molecule is CN=C(NCc1ccc(F)c(CN(C)C)c1)NC(C)c1ccc(Cl)cc1.I. The molecule has 2 rings (SSSR count). The molecule has 2 N–H and O–H groups in total. The summed E-state index contributed by atoms with van der Waals surface area (Å²) in [7, 11) is 5.58. The Labute approximate surface area is 183 Å². The minimum atomic E-state index is -0.179. The van der Waals surface area contributed by atoms with Crippen molar-refractivity contribution in [2.24, 2.45) is 4.99 Å². The Morgan fingerprint density at radius 3 is 2.44 bits per heavy atom. The average Bonchev–Trinajstić information content (AvgIpc) is 2.61. The highest BCUT2D eigenvalue weighted by Crippen LogP contribution is 2.16. The topological polar surface area (TPSA) is 39.7 Å². The van der Waals surface area contributed by atoms with E-state index >= 15 is 0 Å². The second-order valence-electron chi connectivity index (χ2n) is 6.51. The third-order valence-electron chi connectivity index (χ3n) is 4.00. The highest BCUT2D eigenvalue weighted by atomic mass is 127. The van der Waals surface area contributed by atoms with Gasteiger partial charge in [-0.25, -0.2) is 4.39 Å². The number of aliphatic imine (C=N–C) groups is 1. The van der Waals surface area contributed by atoms with Gasteiger partial charge in [-0.1, -0.05) is 29.8 Å². The Bertz CT molecular complexity index is 750. The fraction of sp³-hybridized carbons (Fsp3) is 0.350. The zero-order valence-corrected chi connectivity index (χ0v) is 19.2. The number of nitrogens with zero attached hydrogens (tertiary/aromatic N) is 2. The molecule has 0 saturated carbocycles. The minimum Gasteiger partial charge on any atom is -0.352 e. The van der Waals surface area contributed by atoms with E-state index in [2.05, 4.69) is 22.5 Å². The molecule has 0 amide bonds. The zero-order valence-electron chi connectivity index (χ0n) is 16.1. The molecule has 0 bridgehead atoms. The summed E-state index contributed by atoms with van der Waals surface area (Å²) in [6, 6.07) is 13.0. The number of hydrogen-bond donors (Lipinski definition) is 2. The van der Waals surface area contributed by atoms with Crippen LogP contribution in [-0.4, -0.2) is 32.0 Å². The molecule has 7 heteroatoms. The van der Waals surface area contributed by atoms with Gasteiger partial charge in [-0.05, 0) is 56.4 Å². The fourth-order valence-corrected chi connectivity index (χ4v) is 2.75. The average molecular weight is 505 g/mol. The lowest BCUT2D eigenvalue weighted by Gasteiger charge is -2.19. The van der Waals surface area contributed by atoms with E-state index in [4.69, 9.17) is 11.6 Å². The summed E-state index contributed by atoms with van der Waals surface area (Å²) in [6.45, 7) is 3.19. The molecule has 1 unspecified atom stereocenters. The normalized spacial score (nSPS) is 12.5. The quantitative estimate of drug-likeness (QED) is 0.344. The van der Waals surface area contributed by atoms with Crippen molar-refractivity contribution >= 4 is 41.5 Å². The summed E-state index contributed by atoms with van der Waals surface area (Å²) in [4.78, 5) is 6.21. The van der Waals surface area contributed by atoms with E-state index < -0.39 is 0 Å². The summed E-state index contributed by atoms with van der Waals surface area (Å²) in [6.07, 6.45) is 0. The van der Waals surface area contributed by atoms with Crippen molar-refractivity contribution in [3.63, 3.8) is 0 Å². The first-order chi connectivity index (χ1) is 12.4. The minimum absolute atomic E-state index is 0. The number of guanidine groups is 1. The van der Waals surface area contributed by atoms with Crippen LogP contribution < -0.4 is 10.6 Å².